The van der Waals surface area contributed by atoms with Gasteiger partial charge in [-0.05, 0) is 30.7 Å². The third kappa shape index (κ3) is 3.23. The van der Waals surface area contributed by atoms with Gasteiger partial charge in [-0.3, -0.25) is 9.59 Å². The molecule has 2 aromatic rings. The van der Waals surface area contributed by atoms with Crippen molar-refractivity contribution in [3.05, 3.63) is 57.9 Å². The first-order valence-corrected chi connectivity index (χ1v) is 8.15. The van der Waals surface area contributed by atoms with E-state index >= 15 is 0 Å². The average molecular weight is 363 g/mol. The van der Waals surface area contributed by atoms with Gasteiger partial charge in [0, 0.05) is 17.2 Å². The summed E-state index contributed by atoms with van der Waals surface area (Å²) in [6, 6.07) is 6.92. The molecule has 0 saturated heterocycles. The van der Waals surface area contributed by atoms with E-state index in [4.69, 9.17) is 22.1 Å². The summed E-state index contributed by atoms with van der Waals surface area (Å²) >= 11 is 6.07. The van der Waals surface area contributed by atoms with Crippen LogP contribution in [0.3, 0.4) is 0 Å². The maximum atomic E-state index is 14.8. The molecule has 0 fully saturated rings. The Hall–Kier alpha value is -2.44. The minimum Gasteiger partial charge on any atom is -0.482 e. The Labute approximate surface area is 148 Å². The molecule has 5 nitrogen and oxygen atoms in total. The van der Waals surface area contributed by atoms with Crippen molar-refractivity contribution < 1.29 is 18.7 Å². The number of carbonyl (C=O) groups excluding carboxylic acids is 2. The number of ether oxygens (including phenoxy) is 1. The molecule has 2 aromatic carbocycles. The van der Waals surface area contributed by atoms with Crippen LogP contribution in [0, 0.1) is 5.82 Å². The molecular weight excluding hydrogens is 347 g/mol. The first-order valence-electron chi connectivity index (χ1n) is 7.77. The molecule has 1 amide bonds. The van der Waals surface area contributed by atoms with Crippen molar-refractivity contribution in [2.75, 3.05) is 11.9 Å². The topological polar surface area (TPSA) is 81.4 Å². The van der Waals surface area contributed by atoms with E-state index in [-0.39, 0.29) is 34.2 Å². The van der Waals surface area contributed by atoms with E-state index in [1.165, 1.54) is 30.3 Å². The van der Waals surface area contributed by atoms with Crippen molar-refractivity contribution in [1.82, 2.24) is 0 Å². The molecule has 0 spiro atoms. The summed E-state index contributed by atoms with van der Waals surface area (Å²) in [6.45, 7) is 1.69. The highest BCUT2D eigenvalue weighted by Crippen LogP contribution is 2.32. The van der Waals surface area contributed by atoms with Crippen LogP contribution in [0.15, 0.2) is 30.3 Å². The standard InChI is InChI=1S/C18H16ClFN2O3/c1-2-12(21)10-4-5-11(19)16(17(10)20)18(24)9-3-6-13-14(7-9)25-8-15(23)22-13/h3-7,12H,2,8,21H2,1H3,(H,22,23)/t12-/m1/s1. The molecule has 25 heavy (non-hydrogen) atoms. The van der Waals surface area contributed by atoms with Crippen molar-refractivity contribution in [3.8, 4) is 5.75 Å². The third-order valence-corrected chi connectivity index (χ3v) is 4.38. The maximum Gasteiger partial charge on any atom is 0.262 e. The van der Waals surface area contributed by atoms with E-state index in [9.17, 15) is 14.0 Å². The highest BCUT2D eigenvalue weighted by molar-refractivity contribution is 6.35. The molecule has 1 atom stereocenters. The largest absolute Gasteiger partial charge is 0.482 e. The number of benzene rings is 2. The number of nitrogens with one attached hydrogen (secondary N) is 1. The molecule has 0 aromatic heterocycles. The quantitative estimate of drug-likeness (QED) is 0.816. The minimum atomic E-state index is -0.709. The Bertz CT molecular complexity index is 870. The molecule has 0 unspecified atom stereocenters. The van der Waals surface area contributed by atoms with E-state index in [1.807, 2.05) is 6.92 Å². The summed E-state index contributed by atoms with van der Waals surface area (Å²) < 4.78 is 20.1. The molecule has 0 bridgehead atoms. The number of anilines is 1. The molecular formula is C18H16ClFN2O3. The highest BCUT2D eigenvalue weighted by atomic mass is 35.5. The zero-order valence-electron chi connectivity index (χ0n) is 13.4. The molecule has 3 rings (SSSR count). The van der Waals surface area contributed by atoms with Gasteiger partial charge in [-0.15, -0.1) is 0 Å². The fourth-order valence-corrected chi connectivity index (χ4v) is 2.87. The van der Waals surface area contributed by atoms with Gasteiger partial charge in [0.15, 0.2) is 12.4 Å². The lowest BCUT2D eigenvalue weighted by Gasteiger charge is -2.19. The predicted octanol–water partition coefficient (Wildman–Crippen LogP) is 3.45. The van der Waals surface area contributed by atoms with Gasteiger partial charge in [0.1, 0.15) is 11.6 Å². The third-order valence-electron chi connectivity index (χ3n) is 4.06. The lowest BCUT2D eigenvalue weighted by molar-refractivity contribution is -0.118. The molecule has 130 valence electrons. The van der Waals surface area contributed by atoms with Gasteiger partial charge >= 0.3 is 0 Å². The lowest BCUT2D eigenvalue weighted by atomic mass is 9.96. The van der Waals surface area contributed by atoms with Crippen LogP contribution in [0.4, 0.5) is 10.1 Å². The van der Waals surface area contributed by atoms with Gasteiger partial charge in [0.25, 0.3) is 5.91 Å². The summed E-state index contributed by atoms with van der Waals surface area (Å²) in [7, 11) is 0. The van der Waals surface area contributed by atoms with E-state index < -0.39 is 17.6 Å². The number of hydrogen-bond acceptors (Lipinski definition) is 4. The van der Waals surface area contributed by atoms with Gasteiger partial charge in [-0.1, -0.05) is 24.6 Å². The Morgan fingerprint density at radius 2 is 2.16 bits per heavy atom. The molecule has 0 saturated carbocycles. The van der Waals surface area contributed by atoms with Crippen LogP contribution in [-0.4, -0.2) is 18.3 Å². The van der Waals surface area contributed by atoms with Gasteiger partial charge in [-0.25, -0.2) is 4.39 Å². The summed E-state index contributed by atoms with van der Waals surface area (Å²) in [5.41, 5.74) is 6.60. The van der Waals surface area contributed by atoms with E-state index in [2.05, 4.69) is 5.32 Å². The molecule has 3 N–H and O–H groups in total. The monoisotopic (exact) mass is 362 g/mol. The van der Waals surface area contributed by atoms with E-state index in [0.717, 1.165) is 0 Å². The van der Waals surface area contributed by atoms with Crippen molar-refractivity contribution in [2.45, 2.75) is 19.4 Å². The Kier molecular flexibility index (Phi) is 4.74. The number of fused-ring (bicyclic) bond motifs is 1. The summed E-state index contributed by atoms with van der Waals surface area (Å²) in [6.07, 6.45) is 0.526. The number of ketones is 1. The van der Waals surface area contributed by atoms with E-state index in [0.29, 0.717) is 17.9 Å². The van der Waals surface area contributed by atoms with Crippen molar-refractivity contribution in [2.24, 2.45) is 5.73 Å². The average Bonchev–Trinajstić information content (AvgIpc) is 2.60. The smallest absolute Gasteiger partial charge is 0.262 e. The molecule has 0 radical (unpaired) electrons. The van der Waals surface area contributed by atoms with Crippen LogP contribution in [0.5, 0.6) is 5.75 Å². The van der Waals surface area contributed by atoms with Crippen LogP contribution >= 0.6 is 11.6 Å². The lowest BCUT2D eigenvalue weighted by Crippen LogP contribution is -2.25. The Morgan fingerprint density at radius 1 is 1.40 bits per heavy atom. The molecule has 7 heteroatoms. The number of rotatable bonds is 4. The molecule has 1 heterocycles. The van der Waals surface area contributed by atoms with Gasteiger partial charge < -0.3 is 15.8 Å². The summed E-state index contributed by atoms with van der Waals surface area (Å²) in [5.74, 6) is -1.21. The van der Waals surface area contributed by atoms with Crippen LogP contribution < -0.4 is 15.8 Å². The van der Waals surface area contributed by atoms with Gasteiger partial charge in [-0.2, -0.15) is 0 Å². The van der Waals surface area contributed by atoms with Crippen LogP contribution in [0.1, 0.15) is 40.9 Å². The minimum absolute atomic E-state index is 0.0153. The fraction of sp³-hybridized carbons (Fsp3) is 0.222. The second-order valence-electron chi connectivity index (χ2n) is 5.72. The maximum absolute atomic E-state index is 14.8. The number of hydrogen-bond donors (Lipinski definition) is 2. The van der Waals surface area contributed by atoms with E-state index in [1.54, 1.807) is 0 Å². The SMILES string of the molecule is CC[C@@H](N)c1ccc(Cl)c(C(=O)c2ccc3c(c2)OCC(=O)N3)c1F. The van der Waals surface area contributed by atoms with Gasteiger partial charge in [0.2, 0.25) is 0 Å². The number of carbonyl (C=O) groups is 2. The molecule has 0 aliphatic carbocycles. The van der Waals surface area contributed by atoms with Crippen molar-refractivity contribution in [3.63, 3.8) is 0 Å². The second-order valence-corrected chi connectivity index (χ2v) is 6.12. The molecule has 1 aliphatic rings. The van der Waals surface area contributed by atoms with Crippen LogP contribution in [-0.2, 0) is 4.79 Å². The Balaban J connectivity index is 2.03. The van der Waals surface area contributed by atoms with Crippen molar-refractivity contribution >= 4 is 29.0 Å². The van der Waals surface area contributed by atoms with Gasteiger partial charge in [0.05, 0.1) is 16.3 Å². The highest BCUT2D eigenvalue weighted by Gasteiger charge is 2.24. The molecule has 1 aliphatic heterocycles. The fourth-order valence-electron chi connectivity index (χ4n) is 2.64. The zero-order chi connectivity index (χ0) is 18.1. The van der Waals surface area contributed by atoms with Crippen molar-refractivity contribution in [1.29, 1.82) is 0 Å². The normalized spacial score (nSPS) is 14.3. The van der Waals surface area contributed by atoms with Crippen LogP contribution in [0.2, 0.25) is 5.02 Å². The van der Waals surface area contributed by atoms with Crippen LogP contribution in [0.25, 0.3) is 0 Å². The summed E-state index contributed by atoms with van der Waals surface area (Å²) in [4.78, 5) is 24.1. The predicted molar refractivity (Wildman–Crippen MR) is 92.6 cm³/mol. The summed E-state index contributed by atoms with van der Waals surface area (Å²) in [5, 5.41) is 2.64. The number of amides is 1. The number of halogens is 2. The Morgan fingerprint density at radius 3 is 2.88 bits per heavy atom. The first-order chi connectivity index (χ1) is 11.9. The second kappa shape index (κ2) is 6.82. The number of nitrogens with two attached hydrogens (primary N) is 1. The zero-order valence-corrected chi connectivity index (χ0v) is 14.2. The first kappa shape index (κ1) is 17.4.